The molecule has 1 heterocycles. The summed E-state index contributed by atoms with van der Waals surface area (Å²) < 4.78 is 2.10. The number of non-ortho nitro benzene ring substituents is 1. The fourth-order valence-electron chi connectivity index (χ4n) is 3.33. The summed E-state index contributed by atoms with van der Waals surface area (Å²) in [5, 5.41) is 25.7. The Morgan fingerprint density at radius 1 is 1.10 bits per heavy atom. The van der Waals surface area contributed by atoms with Crippen molar-refractivity contribution >= 4 is 28.7 Å². The van der Waals surface area contributed by atoms with Gasteiger partial charge in [-0.15, -0.1) is 0 Å². The number of nitro groups is 1. The molecule has 31 heavy (non-hydrogen) atoms. The molecule has 0 unspecified atom stereocenters. The monoisotopic (exact) mass is 414 g/mol. The maximum absolute atomic E-state index is 12.3. The Bertz CT molecular complexity index is 1300. The van der Waals surface area contributed by atoms with Gasteiger partial charge in [0, 0.05) is 41.3 Å². The van der Waals surface area contributed by atoms with Crippen molar-refractivity contribution in [2.45, 2.75) is 6.54 Å². The summed E-state index contributed by atoms with van der Waals surface area (Å²) in [5.74, 6) is -1.11. The third-order valence-electron chi connectivity index (χ3n) is 4.82. The number of aromatic hydroxyl groups is 1. The molecule has 0 aliphatic rings. The maximum atomic E-state index is 12.3. The van der Waals surface area contributed by atoms with E-state index in [2.05, 4.69) is 15.1 Å². The van der Waals surface area contributed by atoms with E-state index >= 15 is 0 Å². The molecule has 4 rings (SSSR count). The van der Waals surface area contributed by atoms with Crippen LogP contribution in [0.25, 0.3) is 10.9 Å². The molecule has 3 aromatic carbocycles. The van der Waals surface area contributed by atoms with E-state index in [0.717, 1.165) is 40.2 Å². The molecule has 0 radical (unpaired) electrons. The fraction of sp³-hybridized carbons (Fsp3) is 0.0435. The molecule has 0 saturated carbocycles. The van der Waals surface area contributed by atoms with Gasteiger partial charge >= 0.3 is 0 Å². The zero-order valence-electron chi connectivity index (χ0n) is 16.3. The molecule has 0 aliphatic heterocycles. The van der Waals surface area contributed by atoms with Crippen LogP contribution < -0.4 is 5.43 Å². The topological polar surface area (TPSA) is 110 Å². The second-order valence-corrected chi connectivity index (χ2v) is 6.87. The molecular weight excluding hydrogens is 396 g/mol. The van der Waals surface area contributed by atoms with Crippen molar-refractivity contribution in [1.29, 1.82) is 0 Å². The van der Waals surface area contributed by atoms with Crippen molar-refractivity contribution in [3.8, 4) is 5.75 Å². The van der Waals surface area contributed by atoms with Crippen LogP contribution in [-0.2, 0) is 6.54 Å². The number of nitro benzene ring substituents is 1. The number of fused-ring (bicyclic) bond motifs is 1. The van der Waals surface area contributed by atoms with Gasteiger partial charge in [-0.25, -0.2) is 5.43 Å². The summed E-state index contributed by atoms with van der Waals surface area (Å²) >= 11 is 0. The minimum absolute atomic E-state index is 0.224. The number of hydrazone groups is 1. The number of nitrogens with one attached hydrogen (secondary N) is 1. The second kappa shape index (κ2) is 8.50. The SMILES string of the molecule is O=C(N/N=C/c1cn(Cc2ccccc2)c2ccccc12)c1cc([N+](=O)[O-])ccc1O. The van der Waals surface area contributed by atoms with E-state index in [9.17, 15) is 20.0 Å². The van der Waals surface area contributed by atoms with Gasteiger partial charge in [-0.05, 0) is 17.7 Å². The molecule has 0 bridgehead atoms. The van der Waals surface area contributed by atoms with E-state index in [0.29, 0.717) is 6.54 Å². The van der Waals surface area contributed by atoms with Crippen LogP contribution in [0.1, 0.15) is 21.5 Å². The van der Waals surface area contributed by atoms with Crippen LogP contribution in [-0.4, -0.2) is 26.7 Å². The first kappa shape index (κ1) is 19.8. The zero-order chi connectivity index (χ0) is 21.8. The van der Waals surface area contributed by atoms with Crippen molar-refractivity contribution in [2.24, 2.45) is 5.10 Å². The first-order valence-electron chi connectivity index (χ1n) is 9.45. The lowest BCUT2D eigenvalue weighted by Crippen LogP contribution is -2.17. The van der Waals surface area contributed by atoms with Crippen molar-refractivity contribution in [3.05, 3.63) is 106 Å². The molecule has 0 aliphatic carbocycles. The van der Waals surface area contributed by atoms with Gasteiger partial charge in [-0.3, -0.25) is 14.9 Å². The molecule has 0 spiro atoms. The zero-order valence-corrected chi connectivity index (χ0v) is 16.3. The van der Waals surface area contributed by atoms with Gasteiger partial charge in [-0.1, -0.05) is 48.5 Å². The Labute approximate surface area is 177 Å². The highest BCUT2D eigenvalue weighted by Gasteiger charge is 2.16. The van der Waals surface area contributed by atoms with E-state index < -0.39 is 10.8 Å². The Balaban J connectivity index is 1.57. The largest absolute Gasteiger partial charge is 0.507 e. The lowest BCUT2D eigenvalue weighted by molar-refractivity contribution is -0.384. The lowest BCUT2D eigenvalue weighted by atomic mass is 10.1. The molecule has 1 amide bonds. The summed E-state index contributed by atoms with van der Waals surface area (Å²) in [6.07, 6.45) is 3.45. The van der Waals surface area contributed by atoms with Crippen molar-refractivity contribution < 1.29 is 14.8 Å². The van der Waals surface area contributed by atoms with Crippen LogP contribution in [0.4, 0.5) is 5.69 Å². The number of rotatable bonds is 6. The van der Waals surface area contributed by atoms with Gasteiger partial charge in [0.05, 0.1) is 16.7 Å². The quantitative estimate of drug-likeness (QED) is 0.281. The first-order valence-corrected chi connectivity index (χ1v) is 9.45. The molecule has 0 fully saturated rings. The standard InChI is InChI=1S/C23H18N4O4/c28-22-11-10-18(27(30)31)12-20(22)23(29)25-24-13-17-15-26(14-16-6-2-1-3-7-16)21-9-5-4-8-19(17)21/h1-13,15,28H,14H2,(H,25,29)/b24-13+. The molecule has 4 aromatic rings. The molecule has 2 N–H and O–H groups in total. The third-order valence-corrected chi connectivity index (χ3v) is 4.82. The molecule has 1 aromatic heterocycles. The number of hydrogen-bond donors (Lipinski definition) is 2. The van der Waals surface area contributed by atoms with Gasteiger partial charge in [-0.2, -0.15) is 5.10 Å². The van der Waals surface area contributed by atoms with Crippen LogP contribution in [0, 0.1) is 10.1 Å². The first-order chi connectivity index (χ1) is 15.0. The average Bonchev–Trinajstić information content (AvgIpc) is 3.12. The van der Waals surface area contributed by atoms with Crippen LogP contribution in [0.2, 0.25) is 0 Å². The summed E-state index contributed by atoms with van der Waals surface area (Å²) in [6.45, 7) is 0.684. The van der Waals surface area contributed by atoms with Crippen LogP contribution in [0.15, 0.2) is 84.1 Å². The maximum Gasteiger partial charge on any atom is 0.275 e. The molecule has 0 atom stereocenters. The third kappa shape index (κ3) is 4.27. The normalized spacial score (nSPS) is 11.1. The van der Waals surface area contributed by atoms with Gasteiger partial charge in [0.1, 0.15) is 5.75 Å². The smallest absolute Gasteiger partial charge is 0.275 e. The van der Waals surface area contributed by atoms with Crippen molar-refractivity contribution in [2.75, 3.05) is 0 Å². The predicted octanol–water partition coefficient (Wildman–Crippen LogP) is 4.07. The molecule has 154 valence electrons. The summed E-state index contributed by atoms with van der Waals surface area (Å²) in [7, 11) is 0. The van der Waals surface area contributed by atoms with Crippen LogP contribution in [0.3, 0.4) is 0 Å². The lowest BCUT2D eigenvalue weighted by Gasteiger charge is -2.05. The number of phenolic OH excluding ortho intramolecular Hbond substituents is 1. The predicted molar refractivity (Wildman–Crippen MR) is 117 cm³/mol. The van der Waals surface area contributed by atoms with Crippen LogP contribution in [0.5, 0.6) is 5.75 Å². The number of nitrogens with zero attached hydrogens (tertiary/aromatic N) is 3. The van der Waals surface area contributed by atoms with E-state index in [-0.39, 0.29) is 17.0 Å². The Morgan fingerprint density at radius 3 is 2.61 bits per heavy atom. The highest BCUT2D eigenvalue weighted by atomic mass is 16.6. The van der Waals surface area contributed by atoms with E-state index in [1.165, 1.54) is 6.21 Å². The summed E-state index contributed by atoms with van der Waals surface area (Å²) in [4.78, 5) is 22.6. The number of hydrogen-bond acceptors (Lipinski definition) is 5. The molecule has 8 nitrogen and oxygen atoms in total. The Hall–Kier alpha value is -4.46. The number of phenols is 1. The van der Waals surface area contributed by atoms with Crippen molar-refractivity contribution in [1.82, 2.24) is 9.99 Å². The minimum atomic E-state index is -0.745. The Morgan fingerprint density at radius 2 is 1.84 bits per heavy atom. The highest BCUT2D eigenvalue weighted by Crippen LogP contribution is 2.23. The number of para-hydroxylation sites is 1. The number of amides is 1. The van der Waals surface area contributed by atoms with E-state index in [4.69, 9.17) is 0 Å². The van der Waals surface area contributed by atoms with E-state index in [1.54, 1.807) is 0 Å². The van der Waals surface area contributed by atoms with Crippen LogP contribution >= 0.6 is 0 Å². The molecular formula is C23H18N4O4. The Kier molecular flexibility index (Phi) is 5.44. The summed E-state index contributed by atoms with van der Waals surface area (Å²) in [5.41, 5.74) is 4.78. The number of carbonyl (C=O) groups excluding carboxylic acids is 1. The van der Waals surface area contributed by atoms with Gasteiger partial charge < -0.3 is 9.67 Å². The second-order valence-electron chi connectivity index (χ2n) is 6.87. The molecule has 0 saturated heterocycles. The van der Waals surface area contributed by atoms with Gasteiger partial charge in [0.15, 0.2) is 0 Å². The minimum Gasteiger partial charge on any atom is -0.507 e. The average molecular weight is 414 g/mol. The van der Waals surface area contributed by atoms with Gasteiger partial charge in [0.25, 0.3) is 11.6 Å². The van der Waals surface area contributed by atoms with E-state index in [1.807, 2.05) is 60.8 Å². The number of aromatic nitrogens is 1. The number of carbonyl (C=O) groups is 1. The fourth-order valence-corrected chi connectivity index (χ4v) is 3.33. The molecule has 8 heteroatoms. The highest BCUT2D eigenvalue weighted by molar-refractivity contribution is 6.01. The number of benzene rings is 3. The summed E-state index contributed by atoms with van der Waals surface area (Å²) in [6, 6.07) is 21.1. The van der Waals surface area contributed by atoms with Crippen molar-refractivity contribution in [3.63, 3.8) is 0 Å². The van der Waals surface area contributed by atoms with Gasteiger partial charge in [0.2, 0.25) is 0 Å².